The van der Waals surface area contributed by atoms with Gasteiger partial charge < -0.3 is 5.32 Å². The number of hydrogen-bond acceptors (Lipinski definition) is 5. The SMILES string of the molecule is CCc1c(C)sc(NC(=O)Cc2ccccc2[N+](=O)[O-])c1C#N. The minimum atomic E-state index is -0.506. The van der Waals surface area contributed by atoms with Gasteiger partial charge in [0.25, 0.3) is 5.69 Å². The lowest BCUT2D eigenvalue weighted by Crippen LogP contribution is -2.15. The van der Waals surface area contributed by atoms with E-state index in [2.05, 4.69) is 11.4 Å². The molecule has 0 bridgehead atoms. The molecule has 1 N–H and O–H groups in total. The second-order valence-corrected chi connectivity index (χ2v) is 6.14. The predicted molar refractivity (Wildman–Crippen MR) is 88.6 cm³/mol. The minimum absolute atomic E-state index is 0.0836. The standard InChI is InChI=1S/C16H15N3O3S/c1-3-12-10(2)23-16(13(12)9-17)18-15(20)8-11-6-4-5-7-14(11)19(21)22/h4-7H,3,8H2,1-2H3,(H,18,20). The smallest absolute Gasteiger partial charge is 0.273 e. The first-order valence-corrected chi connectivity index (χ1v) is 7.84. The van der Waals surface area contributed by atoms with Crippen LogP contribution in [-0.2, 0) is 17.6 Å². The van der Waals surface area contributed by atoms with Gasteiger partial charge in [0.05, 0.1) is 16.9 Å². The van der Waals surface area contributed by atoms with Gasteiger partial charge in [-0.15, -0.1) is 11.3 Å². The van der Waals surface area contributed by atoms with Crippen LogP contribution >= 0.6 is 11.3 Å². The van der Waals surface area contributed by atoms with Crippen LogP contribution in [0.5, 0.6) is 0 Å². The van der Waals surface area contributed by atoms with Crippen LogP contribution in [0.25, 0.3) is 0 Å². The summed E-state index contributed by atoms with van der Waals surface area (Å²) in [5.74, 6) is -0.375. The fourth-order valence-electron chi connectivity index (χ4n) is 2.39. The molecular weight excluding hydrogens is 314 g/mol. The van der Waals surface area contributed by atoms with Crippen molar-refractivity contribution in [1.29, 1.82) is 5.26 Å². The van der Waals surface area contributed by atoms with E-state index in [0.717, 1.165) is 10.4 Å². The van der Waals surface area contributed by atoms with Gasteiger partial charge in [0, 0.05) is 16.5 Å². The Bertz CT molecular complexity index is 805. The van der Waals surface area contributed by atoms with Crippen LogP contribution in [0, 0.1) is 28.4 Å². The second-order valence-electron chi connectivity index (χ2n) is 4.92. The molecule has 118 valence electrons. The van der Waals surface area contributed by atoms with Crippen LogP contribution in [0.4, 0.5) is 10.7 Å². The summed E-state index contributed by atoms with van der Waals surface area (Å²) in [4.78, 5) is 23.7. The number of hydrogen-bond donors (Lipinski definition) is 1. The van der Waals surface area contributed by atoms with Crippen molar-refractivity contribution < 1.29 is 9.72 Å². The summed E-state index contributed by atoms with van der Waals surface area (Å²) in [6.45, 7) is 3.86. The molecule has 0 aliphatic heterocycles. The second kappa shape index (κ2) is 7.03. The molecule has 1 aromatic carbocycles. The topological polar surface area (TPSA) is 96.0 Å². The molecule has 0 saturated carbocycles. The lowest BCUT2D eigenvalue weighted by atomic mass is 10.1. The van der Waals surface area contributed by atoms with Crippen LogP contribution < -0.4 is 5.32 Å². The highest BCUT2D eigenvalue weighted by atomic mass is 32.1. The van der Waals surface area contributed by atoms with Gasteiger partial charge in [-0.3, -0.25) is 14.9 Å². The number of nitro groups is 1. The molecule has 23 heavy (non-hydrogen) atoms. The first kappa shape index (κ1) is 16.6. The molecule has 0 aliphatic rings. The maximum absolute atomic E-state index is 12.2. The van der Waals surface area contributed by atoms with E-state index < -0.39 is 4.92 Å². The lowest BCUT2D eigenvalue weighted by Gasteiger charge is -2.04. The zero-order valence-corrected chi connectivity index (χ0v) is 13.6. The molecule has 7 heteroatoms. The number of nitriles is 1. The normalized spacial score (nSPS) is 10.1. The maximum Gasteiger partial charge on any atom is 0.273 e. The number of carbonyl (C=O) groups is 1. The summed E-state index contributed by atoms with van der Waals surface area (Å²) in [7, 11) is 0. The molecule has 2 rings (SSSR count). The first-order chi connectivity index (χ1) is 11.0. The zero-order valence-electron chi connectivity index (χ0n) is 12.8. The van der Waals surface area contributed by atoms with Gasteiger partial charge in [0.15, 0.2) is 0 Å². The molecule has 0 radical (unpaired) electrons. The molecule has 6 nitrogen and oxygen atoms in total. The van der Waals surface area contributed by atoms with Crippen LogP contribution in [0.3, 0.4) is 0 Å². The highest BCUT2D eigenvalue weighted by Crippen LogP contribution is 2.33. The molecule has 1 amide bonds. The fourth-order valence-corrected chi connectivity index (χ4v) is 3.50. The Morgan fingerprint density at radius 2 is 2.13 bits per heavy atom. The number of anilines is 1. The molecule has 0 unspecified atom stereocenters. The molecule has 1 heterocycles. The summed E-state index contributed by atoms with van der Waals surface area (Å²) >= 11 is 1.35. The number of aryl methyl sites for hydroxylation is 1. The van der Waals surface area contributed by atoms with Crippen LogP contribution in [0.1, 0.15) is 28.5 Å². The van der Waals surface area contributed by atoms with E-state index in [1.165, 1.54) is 17.4 Å². The Labute approximate surface area is 137 Å². The monoisotopic (exact) mass is 329 g/mol. The van der Waals surface area contributed by atoms with E-state index in [1.54, 1.807) is 18.2 Å². The van der Waals surface area contributed by atoms with Gasteiger partial charge in [-0.2, -0.15) is 5.26 Å². The third kappa shape index (κ3) is 3.55. The van der Waals surface area contributed by atoms with E-state index in [4.69, 9.17) is 0 Å². The zero-order chi connectivity index (χ0) is 17.0. The Morgan fingerprint density at radius 1 is 1.43 bits per heavy atom. The molecule has 2 aromatic rings. The molecule has 0 saturated heterocycles. The highest BCUT2D eigenvalue weighted by Gasteiger charge is 2.19. The molecule has 0 atom stereocenters. The number of nitrogens with one attached hydrogen (secondary N) is 1. The highest BCUT2D eigenvalue weighted by molar-refractivity contribution is 7.16. The third-order valence-electron chi connectivity index (χ3n) is 3.47. The Kier molecular flexibility index (Phi) is 5.09. The van der Waals surface area contributed by atoms with Gasteiger partial charge in [-0.25, -0.2) is 0 Å². The Balaban J connectivity index is 2.22. The number of para-hydroxylation sites is 1. The van der Waals surface area contributed by atoms with Gasteiger partial charge >= 0.3 is 0 Å². The molecule has 0 fully saturated rings. The van der Waals surface area contributed by atoms with Crippen LogP contribution in [0.2, 0.25) is 0 Å². The minimum Gasteiger partial charge on any atom is -0.316 e. The van der Waals surface area contributed by atoms with Crippen molar-refractivity contribution in [2.45, 2.75) is 26.7 Å². The van der Waals surface area contributed by atoms with Crippen molar-refractivity contribution >= 4 is 27.9 Å². The molecule has 0 aliphatic carbocycles. The number of nitrogens with zero attached hydrogens (tertiary/aromatic N) is 2. The summed E-state index contributed by atoms with van der Waals surface area (Å²) in [6, 6.07) is 8.26. The largest absolute Gasteiger partial charge is 0.316 e. The van der Waals surface area contributed by atoms with E-state index in [0.29, 0.717) is 22.5 Å². The predicted octanol–water partition coefficient (Wildman–Crippen LogP) is 3.58. The average molecular weight is 329 g/mol. The van der Waals surface area contributed by atoms with Crippen molar-refractivity contribution in [2.24, 2.45) is 0 Å². The lowest BCUT2D eigenvalue weighted by molar-refractivity contribution is -0.385. The maximum atomic E-state index is 12.2. The van der Waals surface area contributed by atoms with Crippen LogP contribution in [0.15, 0.2) is 24.3 Å². The van der Waals surface area contributed by atoms with Gasteiger partial charge in [-0.05, 0) is 18.9 Å². The number of amides is 1. The summed E-state index contributed by atoms with van der Waals surface area (Å²) in [6.07, 6.45) is 0.603. The van der Waals surface area contributed by atoms with Gasteiger partial charge in [-0.1, -0.05) is 25.1 Å². The Hall–Kier alpha value is -2.72. The number of benzene rings is 1. The van der Waals surface area contributed by atoms with Crippen molar-refractivity contribution in [3.8, 4) is 6.07 Å². The number of nitro benzene ring substituents is 1. The van der Waals surface area contributed by atoms with Crippen molar-refractivity contribution in [2.75, 3.05) is 5.32 Å². The van der Waals surface area contributed by atoms with Crippen molar-refractivity contribution in [1.82, 2.24) is 0 Å². The van der Waals surface area contributed by atoms with Gasteiger partial charge in [0.2, 0.25) is 5.91 Å². The Morgan fingerprint density at radius 3 is 2.74 bits per heavy atom. The molecule has 1 aromatic heterocycles. The van der Waals surface area contributed by atoms with Crippen LogP contribution in [-0.4, -0.2) is 10.8 Å². The first-order valence-electron chi connectivity index (χ1n) is 7.02. The van der Waals surface area contributed by atoms with E-state index in [9.17, 15) is 20.2 Å². The summed E-state index contributed by atoms with van der Waals surface area (Å²) in [5, 5.41) is 23.5. The quantitative estimate of drug-likeness (QED) is 0.670. The van der Waals surface area contributed by atoms with E-state index in [-0.39, 0.29) is 18.0 Å². The van der Waals surface area contributed by atoms with Gasteiger partial charge in [0.1, 0.15) is 11.1 Å². The molecular formula is C16H15N3O3S. The van der Waals surface area contributed by atoms with Crippen molar-refractivity contribution in [3.63, 3.8) is 0 Å². The number of thiophene rings is 1. The van der Waals surface area contributed by atoms with Crippen molar-refractivity contribution in [3.05, 3.63) is 55.9 Å². The average Bonchev–Trinajstić information content (AvgIpc) is 2.81. The molecule has 0 spiro atoms. The summed E-state index contributed by atoms with van der Waals surface area (Å²) in [5.41, 5.74) is 1.67. The third-order valence-corrected chi connectivity index (χ3v) is 4.53. The van der Waals surface area contributed by atoms with E-state index in [1.807, 2.05) is 13.8 Å². The fraction of sp³-hybridized carbons (Fsp3) is 0.250. The number of carbonyl (C=O) groups excluding carboxylic acids is 1. The number of rotatable bonds is 5. The van der Waals surface area contributed by atoms with E-state index >= 15 is 0 Å². The summed E-state index contributed by atoms with van der Waals surface area (Å²) < 4.78 is 0.